The van der Waals surface area contributed by atoms with Crippen LogP contribution < -0.4 is 5.32 Å². The lowest BCUT2D eigenvalue weighted by Crippen LogP contribution is -2.39. The number of nitrogens with one attached hydrogen (secondary N) is 1. The maximum Gasteiger partial charge on any atom is 0.238 e. The van der Waals surface area contributed by atoms with Gasteiger partial charge in [-0.25, -0.2) is 0 Å². The van der Waals surface area contributed by atoms with E-state index in [0.29, 0.717) is 12.6 Å². The maximum absolute atomic E-state index is 12.4. The Hall–Kier alpha value is -1.91. The molecule has 1 atom stereocenters. The van der Waals surface area contributed by atoms with Crippen molar-refractivity contribution < 1.29 is 4.79 Å². The minimum absolute atomic E-state index is 0.0517. The monoisotopic (exact) mass is 339 g/mol. The molecule has 2 aromatic carbocycles. The molecule has 0 aliphatic carbocycles. The van der Waals surface area contributed by atoms with Crippen molar-refractivity contribution >= 4 is 22.4 Å². The van der Waals surface area contributed by atoms with Crippen molar-refractivity contribution in [2.75, 3.05) is 39.0 Å². The van der Waals surface area contributed by atoms with Crippen LogP contribution in [0.2, 0.25) is 0 Å². The van der Waals surface area contributed by atoms with E-state index in [1.807, 2.05) is 37.4 Å². The van der Waals surface area contributed by atoms with Crippen molar-refractivity contribution in [3.63, 3.8) is 0 Å². The van der Waals surface area contributed by atoms with E-state index in [1.54, 1.807) is 0 Å². The maximum atomic E-state index is 12.4. The average molecular weight is 339 g/mol. The second-order valence-corrected chi connectivity index (χ2v) is 7.23. The zero-order valence-electron chi connectivity index (χ0n) is 15.4. The number of benzene rings is 2. The lowest BCUT2D eigenvalue weighted by atomic mass is 10.00. The zero-order valence-corrected chi connectivity index (χ0v) is 15.4. The molecule has 1 amide bonds. The highest BCUT2D eigenvalue weighted by atomic mass is 16.2. The molecule has 1 heterocycles. The third-order valence-corrected chi connectivity index (χ3v) is 5.24. The normalized spacial score (nSPS) is 18.6. The van der Waals surface area contributed by atoms with Crippen LogP contribution in [-0.4, -0.2) is 55.5 Å². The number of carbonyl (C=O) groups is 1. The van der Waals surface area contributed by atoms with Gasteiger partial charge in [-0.2, -0.15) is 0 Å². The van der Waals surface area contributed by atoms with Crippen LogP contribution in [-0.2, 0) is 4.79 Å². The number of hydrogen-bond donors (Lipinski definition) is 1. The Balaban J connectivity index is 1.51. The fourth-order valence-electron chi connectivity index (χ4n) is 3.73. The molecule has 1 fully saturated rings. The van der Waals surface area contributed by atoms with E-state index in [-0.39, 0.29) is 5.91 Å². The number of amides is 1. The summed E-state index contributed by atoms with van der Waals surface area (Å²) in [7, 11) is 4.25. The smallest absolute Gasteiger partial charge is 0.238 e. The first-order valence-corrected chi connectivity index (χ1v) is 9.30. The summed E-state index contributed by atoms with van der Waals surface area (Å²) in [5.74, 6) is 0.0517. The van der Waals surface area contributed by atoms with Gasteiger partial charge in [-0.1, -0.05) is 42.8 Å². The van der Waals surface area contributed by atoms with E-state index in [1.165, 1.54) is 25.8 Å². The standard InChI is InChI=1S/C21H29N3O/c1-23(15-13-18-10-5-6-14-24(18)2)16-21(25)22-20-12-7-9-17-8-3-4-11-19(17)20/h3-4,7-9,11-12,18H,5-6,10,13-16H2,1-2H3,(H,22,25). The summed E-state index contributed by atoms with van der Waals surface area (Å²) in [6.45, 7) is 2.59. The third kappa shape index (κ3) is 4.80. The van der Waals surface area contributed by atoms with Crippen molar-refractivity contribution in [1.29, 1.82) is 0 Å². The van der Waals surface area contributed by atoms with Crippen molar-refractivity contribution in [3.8, 4) is 0 Å². The Morgan fingerprint density at radius 1 is 1.20 bits per heavy atom. The average Bonchev–Trinajstić information content (AvgIpc) is 2.61. The van der Waals surface area contributed by atoms with Crippen molar-refractivity contribution in [2.24, 2.45) is 0 Å². The second kappa shape index (κ2) is 8.45. The van der Waals surface area contributed by atoms with Gasteiger partial charge in [-0.05, 0) is 57.9 Å². The molecule has 3 rings (SSSR count). The molecule has 2 aromatic rings. The van der Waals surface area contributed by atoms with Gasteiger partial charge >= 0.3 is 0 Å². The molecular weight excluding hydrogens is 310 g/mol. The fourth-order valence-corrected chi connectivity index (χ4v) is 3.73. The summed E-state index contributed by atoms with van der Waals surface area (Å²) in [5.41, 5.74) is 0.892. The van der Waals surface area contributed by atoms with Gasteiger partial charge in [0.1, 0.15) is 0 Å². The first-order chi connectivity index (χ1) is 12.1. The Labute approximate surface area is 150 Å². The molecule has 0 spiro atoms. The van der Waals surface area contributed by atoms with Gasteiger partial charge in [0.25, 0.3) is 0 Å². The number of rotatable bonds is 6. The molecule has 0 radical (unpaired) electrons. The van der Waals surface area contributed by atoms with E-state index < -0.39 is 0 Å². The van der Waals surface area contributed by atoms with Gasteiger partial charge in [0.05, 0.1) is 6.54 Å². The molecule has 0 aromatic heterocycles. The molecule has 4 nitrogen and oxygen atoms in total. The van der Waals surface area contributed by atoms with E-state index in [0.717, 1.165) is 29.4 Å². The summed E-state index contributed by atoms with van der Waals surface area (Å²) >= 11 is 0. The number of anilines is 1. The second-order valence-electron chi connectivity index (χ2n) is 7.23. The van der Waals surface area contributed by atoms with Gasteiger partial charge in [-0.15, -0.1) is 0 Å². The van der Waals surface area contributed by atoms with Crippen LogP contribution in [0.4, 0.5) is 5.69 Å². The first-order valence-electron chi connectivity index (χ1n) is 9.30. The van der Waals surface area contributed by atoms with Gasteiger partial charge in [0.2, 0.25) is 5.91 Å². The molecule has 4 heteroatoms. The molecule has 25 heavy (non-hydrogen) atoms. The molecule has 0 bridgehead atoms. The predicted octanol–water partition coefficient (Wildman–Crippen LogP) is 3.58. The minimum Gasteiger partial charge on any atom is -0.324 e. The summed E-state index contributed by atoms with van der Waals surface area (Å²) in [4.78, 5) is 17.0. The van der Waals surface area contributed by atoms with Crippen LogP contribution in [0.25, 0.3) is 10.8 Å². The van der Waals surface area contributed by atoms with Gasteiger partial charge < -0.3 is 10.2 Å². The van der Waals surface area contributed by atoms with Gasteiger partial charge in [0.15, 0.2) is 0 Å². The molecule has 1 N–H and O–H groups in total. The molecule has 1 aliphatic rings. The third-order valence-electron chi connectivity index (χ3n) is 5.24. The van der Waals surface area contributed by atoms with Crippen molar-refractivity contribution in [2.45, 2.75) is 31.7 Å². The Morgan fingerprint density at radius 3 is 2.84 bits per heavy atom. The molecule has 1 unspecified atom stereocenters. The number of nitrogens with zero attached hydrogens (tertiary/aromatic N) is 2. The summed E-state index contributed by atoms with van der Waals surface area (Å²) < 4.78 is 0. The van der Waals surface area contributed by atoms with Crippen molar-refractivity contribution in [3.05, 3.63) is 42.5 Å². The van der Waals surface area contributed by atoms with Crippen LogP contribution in [0.15, 0.2) is 42.5 Å². The molecular formula is C21H29N3O. The summed E-state index contributed by atoms with van der Waals surface area (Å²) in [6.07, 6.45) is 5.07. The van der Waals surface area contributed by atoms with E-state index >= 15 is 0 Å². The lowest BCUT2D eigenvalue weighted by Gasteiger charge is -2.33. The van der Waals surface area contributed by atoms with Crippen LogP contribution in [0.5, 0.6) is 0 Å². The fraction of sp³-hybridized carbons (Fsp3) is 0.476. The van der Waals surface area contributed by atoms with E-state index in [2.05, 4.69) is 34.3 Å². The topological polar surface area (TPSA) is 35.6 Å². The molecule has 0 saturated carbocycles. The highest BCUT2D eigenvalue weighted by Gasteiger charge is 2.19. The number of likely N-dealkylation sites (N-methyl/N-ethyl adjacent to an activating group) is 1. The number of fused-ring (bicyclic) bond motifs is 1. The van der Waals surface area contributed by atoms with Gasteiger partial charge in [0, 0.05) is 17.1 Å². The molecule has 1 saturated heterocycles. The number of carbonyl (C=O) groups excluding carboxylic acids is 1. The Morgan fingerprint density at radius 2 is 2.00 bits per heavy atom. The van der Waals surface area contributed by atoms with Crippen LogP contribution in [0.3, 0.4) is 0 Å². The van der Waals surface area contributed by atoms with Crippen LogP contribution in [0.1, 0.15) is 25.7 Å². The number of likely N-dealkylation sites (tertiary alicyclic amines) is 1. The van der Waals surface area contributed by atoms with Gasteiger partial charge in [-0.3, -0.25) is 9.69 Å². The van der Waals surface area contributed by atoms with Crippen LogP contribution >= 0.6 is 0 Å². The minimum atomic E-state index is 0.0517. The predicted molar refractivity (Wildman–Crippen MR) is 105 cm³/mol. The van der Waals surface area contributed by atoms with E-state index in [9.17, 15) is 4.79 Å². The summed E-state index contributed by atoms with van der Waals surface area (Å²) in [5, 5.41) is 5.31. The molecule has 134 valence electrons. The highest BCUT2D eigenvalue weighted by Crippen LogP contribution is 2.23. The SMILES string of the molecule is CN(CCC1CCCCN1C)CC(=O)Nc1cccc2ccccc12. The lowest BCUT2D eigenvalue weighted by molar-refractivity contribution is -0.117. The zero-order chi connectivity index (χ0) is 17.6. The summed E-state index contributed by atoms with van der Waals surface area (Å²) in [6, 6.07) is 14.8. The largest absolute Gasteiger partial charge is 0.324 e. The number of hydrogen-bond acceptors (Lipinski definition) is 3. The Kier molecular flexibility index (Phi) is 6.05. The van der Waals surface area contributed by atoms with E-state index in [4.69, 9.17) is 0 Å². The quantitative estimate of drug-likeness (QED) is 0.874. The molecule has 1 aliphatic heterocycles. The van der Waals surface area contributed by atoms with Crippen molar-refractivity contribution in [1.82, 2.24) is 9.80 Å². The highest BCUT2D eigenvalue weighted by molar-refractivity contribution is 6.02. The number of piperidine rings is 1. The first kappa shape index (κ1) is 17.9. The van der Waals surface area contributed by atoms with Crippen LogP contribution in [0, 0.1) is 0 Å². The Bertz CT molecular complexity index is 710.